The van der Waals surface area contributed by atoms with Gasteiger partial charge >= 0.3 is 0 Å². The first-order chi connectivity index (χ1) is 10.7. The molecule has 0 fully saturated rings. The van der Waals surface area contributed by atoms with Crippen molar-refractivity contribution in [3.05, 3.63) is 64.1 Å². The Bertz CT molecular complexity index is 672. The van der Waals surface area contributed by atoms with Crippen LogP contribution in [0.3, 0.4) is 0 Å². The van der Waals surface area contributed by atoms with Crippen molar-refractivity contribution in [1.29, 1.82) is 0 Å². The summed E-state index contributed by atoms with van der Waals surface area (Å²) in [5.74, 6) is 0.0666. The molecule has 2 aromatic carbocycles. The van der Waals surface area contributed by atoms with Crippen LogP contribution in [0.4, 0.5) is 5.69 Å². The van der Waals surface area contributed by atoms with Gasteiger partial charge in [-0.3, -0.25) is 9.69 Å². The van der Waals surface area contributed by atoms with Crippen molar-refractivity contribution in [3.63, 3.8) is 0 Å². The molecule has 0 bridgehead atoms. The fourth-order valence-corrected chi connectivity index (χ4v) is 3.19. The van der Waals surface area contributed by atoms with Crippen LogP contribution in [0.1, 0.15) is 17.5 Å². The van der Waals surface area contributed by atoms with Crippen LogP contribution in [0, 0.1) is 0 Å². The molecule has 0 radical (unpaired) electrons. The Balaban J connectivity index is 1.50. The summed E-state index contributed by atoms with van der Waals surface area (Å²) in [5, 5.41) is 2.95. The third kappa shape index (κ3) is 3.96. The number of anilines is 1. The second kappa shape index (κ2) is 7.07. The number of carbonyl (C=O) groups excluding carboxylic acids is 1. The zero-order valence-electron chi connectivity index (χ0n) is 12.4. The van der Waals surface area contributed by atoms with E-state index in [1.54, 1.807) is 0 Å². The molecule has 0 unspecified atom stereocenters. The largest absolute Gasteiger partial charge is 0.326 e. The lowest BCUT2D eigenvalue weighted by atomic mass is 10.00. The number of carbonyl (C=O) groups is 1. The second-order valence-electron chi connectivity index (χ2n) is 5.60. The predicted octanol–water partition coefficient (Wildman–Crippen LogP) is 3.84. The number of nitrogens with one attached hydrogen (secondary N) is 1. The highest BCUT2D eigenvalue weighted by Gasteiger charge is 2.16. The Morgan fingerprint density at radius 3 is 2.77 bits per heavy atom. The fraction of sp³-hybridized carbons (Fsp3) is 0.278. The Morgan fingerprint density at radius 2 is 1.95 bits per heavy atom. The SMILES string of the molecule is O=C(CCN1CCc2ccccc2C1)Nc1cccc(Br)c1. The lowest BCUT2D eigenvalue weighted by Gasteiger charge is -2.28. The molecule has 4 heteroatoms. The van der Waals surface area contributed by atoms with Crippen LogP contribution < -0.4 is 5.32 Å². The molecule has 1 amide bonds. The van der Waals surface area contributed by atoms with Crippen molar-refractivity contribution >= 4 is 27.5 Å². The Hall–Kier alpha value is -1.65. The van der Waals surface area contributed by atoms with E-state index in [-0.39, 0.29) is 5.91 Å². The standard InChI is InChI=1S/C18H19BrN2O/c19-16-6-3-7-17(12-16)20-18(22)9-11-21-10-8-14-4-1-2-5-15(14)13-21/h1-7,12H,8-11,13H2,(H,20,22). The second-order valence-corrected chi connectivity index (χ2v) is 6.52. The van der Waals surface area contributed by atoms with Gasteiger partial charge in [-0.1, -0.05) is 46.3 Å². The van der Waals surface area contributed by atoms with E-state index in [2.05, 4.69) is 50.4 Å². The van der Waals surface area contributed by atoms with Gasteiger partial charge < -0.3 is 5.32 Å². The minimum absolute atomic E-state index is 0.0666. The van der Waals surface area contributed by atoms with Gasteiger partial charge in [-0.2, -0.15) is 0 Å². The highest BCUT2D eigenvalue weighted by atomic mass is 79.9. The van der Waals surface area contributed by atoms with Gasteiger partial charge in [0.05, 0.1) is 0 Å². The molecular weight excluding hydrogens is 340 g/mol. The minimum Gasteiger partial charge on any atom is -0.326 e. The smallest absolute Gasteiger partial charge is 0.225 e. The maximum atomic E-state index is 12.1. The van der Waals surface area contributed by atoms with E-state index in [9.17, 15) is 4.79 Å². The highest BCUT2D eigenvalue weighted by molar-refractivity contribution is 9.10. The number of fused-ring (bicyclic) bond motifs is 1. The van der Waals surface area contributed by atoms with Crippen LogP contribution in [0.5, 0.6) is 0 Å². The molecular formula is C18H19BrN2O. The van der Waals surface area contributed by atoms with Gasteiger partial charge in [0, 0.05) is 36.2 Å². The van der Waals surface area contributed by atoms with E-state index in [0.29, 0.717) is 6.42 Å². The molecule has 0 saturated heterocycles. The molecule has 1 aliphatic rings. The van der Waals surface area contributed by atoms with E-state index in [0.717, 1.165) is 36.2 Å². The molecule has 1 aliphatic heterocycles. The number of nitrogens with zero attached hydrogens (tertiary/aromatic N) is 1. The summed E-state index contributed by atoms with van der Waals surface area (Å²) >= 11 is 3.41. The van der Waals surface area contributed by atoms with Crippen molar-refractivity contribution in [3.8, 4) is 0 Å². The number of amides is 1. The Kier molecular flexibility index (Phi) is 4.90. The van der Waals surface area contributed by atoms with Crippen LogP contribution in [0.15, 0.2) is 53.0 Å². The van der Waals surface area contributed by atoms with Gasteiger partial charge in [-0.05, 0) is 35.7 Å². The van der Waals surface area contributed by atoms with Crippen molar-refractivity contribution < 1.29 is 4.79 Å². The van der Waals surface area contributed by atoms with Crippen LogP contribution >= 0.6 is 15.9 Å². The third-order valence-electron chi connectivity index (χ3n) is 3.97. The molecule has 0 spiro atoms. The maximum Gasteiger partial charge on any atom is 0.225 e. The zero-order chi connectivity index (χ0) is 15.4. The van der Waals surface area contributed by atoms with Crippen LogP contribution in [0.2, 0.25) is 0 Å². The summed E-state index contributed by atoms with van der Waals surface area (Å²) in [7, 11) is 0. The van der Waals surface area contributed by atoms with E-state index >= 15 is 0 Å². The van der Waals surface area contributed by atoms with Crippen molar-refractivity contribution in [1.82, 2.24) is 4.90 Å². The molecule has 1 heterocycles. The summed E-state index contributed by atoms with van der Waals surface area (Å²) in [6.07, 6.45) is 1.60. The minimum atomic E-state index is 0.0666. The maximum absolute atomic E-state index is 12.1. The molecule has 1 N–H and O–H groups in total. The van der Waals surface area contributed by atoms with E-state index < -0.39 is 0 Å². The first-order valence-electron chi connectivity index (χ1n) is 7.55. The topological polar surface area (TPSA) is 32.3 Å². The van der Waals surface area contributed by atoms with Crippen molar-refractivity contribution in [2.75, 3.05) is 18.4 Å². The molecule has 2 aromatic rings. The first-order valence-corrected chi connectivity index (χ1v) is 8.34. The Morgan fingerprint density at radius 1 is 1.14 bits per heavy atom. The summed E-state index contributed by atoms with van der Waals surface area (Å²) in [4.78, 5) is 14.4. The van der Waals surface area contributed by atoms with Crippen LogP contribution in [0.25, 0.3) is 0 Å². The Labute approximate surface area is 139 Å². The molecule has 0 aliphatic carbocycles. The summed E-state index contributed by atoms with van der Waals surface area (Å²) in [6, 6.07) is 16.2. The molecule has 22 heavy (non-hydrogen) atoms. The summed E-state index contributed by atoms with van der Waals surface area (Å²) in [6.45, 7) is 2.77. The predicted molar refractivity (Wildman–Crippen MR) is 92.8 cm³/mol. The van der Waals surface area contributed by atoms with Gasteiger partial charge in [0.25, 0.3) is 0 Å². The van der Waals surface area contributed by atoms with Gasteiger partial charge in [0.1, 0.15) is 0 Å². The quantitative estimate of drug-likeness (QED) is 0.900. The number of halogens is 1. The molecule has 0 aromatic heterocycles. The van der Waals surface area contributed by atoms with Crippen molar-refractivity contribution in [2.24, 2.45) is 0 Å². The van der Waals surface area contributed by atoms with Crippen LogP contribution in [-0.2, 0) is 17.8 Å². The van der Waals surface area contributed by atoms with Gasteiger partial charge in [0.2, 0.25) is 5.91 Å². The number of hydrogen-bond acceptors (Lipinski definition) is 2. The average molecular weight is 359 g/mol. The van der Waals surface area contributed by atoms with Gasteiger partial charge in [-0.25, -0.2) is 0 Å². The van der Waals surface area contributed by atoms with E-state index in [1.165, 1.54) is 11.1 Å². The lowest BCUT2D eigenvalue weighted by Crippen LogP contribution is -2.33. The molecule has 3 rings (SSSR count). The normalized spacial score (nSPS) is 14.4. The molecule has 3 nitrogen and oxygen atoms in total. The van der Waals surface area contributed by atoms with Gasteiger partial charge in [-0.15, -0.1) is 0 Å². The first kappa shape index (κ1) is 15.3. The average Bonchev–Trinajstić information content (AvgIpc) is 2.53. The summed E-state index contributed by atoms with van der Waals surface area (Å²) < 4.78 is 0.970. The van der Waals surface area contributed by atoms with Crippen LogP contribution in [-0.4, -0.2) is 23.9 Å². The van der Waals surface area contributed by atoms with Gasteiger partial charge in [0.15, 0.2) is 0 Å². The monoisotopic (exact) mass is 358 g/mol. The third-order valence-corrected chi connectivity index (χ3v) is 4.47. The summed E-state index contributed by atoms with van der Waals surface area (Å²) in [5.41, 5.74) is 3.67. The van der Waals surface area contributed by atoms with E-state index in [1.807, 2.05) is 24.3 Å². The number of benzene rings is 2. The van der Waals surface area contributed by atoms with E-state index in [4.69, 9.17) is 0 Å². The molecule has 114 valence electrons. The number of hydrogen-bond donors (Lipinski definition) is 1. The van der Waals surface area contributed by atoms with Crippen molar-refractivity contribution in [2.45, 2.75) is 19.4 Å². The lowest BCUT2D eigenvalue weighted by molar-refractivity contribution is -0.116. The molecule has 0 saturated carbocycles. The number of rotatable bonds is 4. The highest BCUT2D eigenvalue weighted by Crippen LogP contribution is 2.19. The zero-order valence-corrected chi connectivity index (χ0v) is 14.0. The fourth-order valence-electron chi connectivity index (χ4n) is 2.79. The molecule has 0 atom stereocenters.